The predicted molar refractivity (Wildman–Crippen MR) is 104 cm³/mol. The molecule has 2 aliphatic heterocycles. The number of morpholine rings is 1. The maximum absolute atomic E-state index is 13.3. The van der Waals surface area contributed by atoms with Crippen LogP contribution in [0.1, 0.15) is 0 Å². The zero-order valence-electron chi connectivity index (χ0n) is 15.0. The van der Waals surface area contributed by atoms with Gasteiger partial charge in [-0.3, -0.25) is 9.10 Å². The Bertz CT molecular complexity index is 974. The minimum Gasteiger partial charge on any atom is -0.476 e. The highest BCUT2D eigenvalue weighted by Crippen LogP contribution is 2.37. The molecule has 4 rings (SSSR count). The van der Waals surface area contributed by atoms with E-state index in [4.69, 9.17) is 21.1 Å². The van der Waals surface area contributed by atoms with Crippen molar-refractivity contribution in [3.8, 4) is 5.75 Å². The van der Waals surface area contributed by atoms with E-state index in [1.165, 1.54) is 28.6 Å². The lowest BCUT2D eigenvalue weighted by molar-refractivity contribution is -0.142. The molecule has 2 aliphatic rings. The Morgan fingerprint density at radius 1 is 1.04 bits per heavy atom. The van der Waals surface area contributed by atoms with Gasteiger partial charge in [-0.05, 0) is 36.4 Å². The van der Waals surface area contributed by atoms with Crippen LogP contribution in [0, 0.1) is 0 Å². The second kappa shape index (κ2) is 7.62. The number of carbonyl (C=O) groups is 1. The van der Waals surface area contributed by atoms with Crippen molar-refractivity contribution >= 4 is 33.2 Å². The molecule has 0 bridgehead atoms. The third-order valence-corrected chi connectivity index (χ3v) is 6.78. The number of sulfonamides is 1. The Kier molecular flexibility index (Phi) is 5.18. The quantitative estimate of drug-likeness (QED) is 0.757. The Labute approximate surface area is 168 Å². The molecule has 1 atom stereocenters. The first-order valence-corrected chi connectivity index (χ1v) is 10.7. The van der Waals surface area contributed by atoms with Gasteiger partial charge in [-0.25, -0.2) is 8.42 Å². The van der Waals surface area contributed by atoms with Crippen LogP contribution >= 0.6 is 11.6 Å². The summed E-state index contributed by atoms with van der Waals surface area (Å²) >= 11 is 5.89. The SMILES string of the molecule is O=C(C1CN(S(=O)(=O)c2ccc(Cl)cc2)c2ccccc2O1)N1CCOCC1. The summed E-state index contributed by atoms with van der Waals surface area (Å²) in [6.45, 7) is 1.75. The molecule has 148 valence electrons. The van der Waals surface area contributed by atoms with Crippen LogP contribution in [-0.4, -0.2) is 58.2 Å². The van der Waals surface area contributed by atoms with Crippen LogP contribution in [0.3, 0.4) is 0 Å². The van der Waals surface area contributed by atoms with Gasteiger partial charge in [-0.1, -0.05) is 23.7 Å². The maximum atomic E-state index is 13.3. The molecule has 0 aliphatic carbocycles. The number of amides is 1. The molecule has 0 N–H and O–H groups in total. The molecule has 1 unspecified atom stereocenters. The highest BCUT2D eigenvalue weighted by atomic mass is 35.5. The number of anilines is 1. The van der Waals surface area contributed by atoms with E-state index in [1.807, 2.05) is 0 Å². The first-order chi connectivity index (χ1) is 13.5. The van der Waals surface area contributed by atoms with E-state index >= 15 is 0 Å². The van der Waals surface area contributed by atoms with Gasteiger partial charge in [-0.2, -0.15) is 0 Å². The van der Waals surface area contributed by atoms with Crippen LogP contribution in [0.15, 0.2) is 53.4 Å². The van der Waals surface area contributed by atoms with Gasteiger partial charge in [-0.15, -0.1) is 0 Å². The number of benzene rings is 2. The predicted octanol–water partition coefficient (Wildman–Crippen LogP) is 2.16. The summed E-state index contributed by atoms with van der Waals surface area (Å²) in [5, 5.41) is 0.446. The van der Waals surface area contributed by atoms with Crippen molar-refractivity contribution in [3.63, 3.8) is 0 Å². The van der Waals surface area contributed by atoms with E-state index in [2.05, 4.69) is 0 Å². The summed E-state index contributed by atoms with van der Waals surface area (Å²) in [5.74, 6) is 0.118. The molecule has 1 fully saturated rings. The second-order valence-corrected chi connectivity index (χ2v) is 8.80. The number of nitrogens with zero attached hydrogens (tertiary/aromatic N) is 2. The van der Waals surface area contributed by atoms with E-state index in [1.54, 1.807) is 29.2 Å². The van der Waals surface area contributed by atoms with Gasteiger partial charge >= 0.3 is 0 Å². The molecular weight excluding hydrogens is 404 g/mol. The van der Waals surface area contributed by atoms with Gasteiger partial charge in [0.1, 0.15) is 5.75 Å². The Morgan fingerprint density at radius 2 is 1.71 bits per heavy atom. The second-order valence-electron chi connectivity index (χ2n) is 6.50. The number of hydrogen-bond donors (Lipinski definition) is 0. The van der Waals surface area contributed by atoms with Crippen LogP contribution in [0.4, 0.5) is 5.69 Å². The zero-order valence-corrected chi connectivity index (χ0v) is 16.5. The average Bonchev–Trinajstić information content (AvgIpc) is 2.73. The lowest BCUT2D eigenvalue weighted by atomic mass is 10.2. The first kappa shape index (κ1) is 19.0. The Balaban J connectivity index is 1.69. The summed E-state index contributed by atoms with van der Waals surface area (Å²) in [7, 11) is -3.89. The monoisotopic (exact) mass is 422 g/mol. The minimum absolute atomic E-state index is 0.0990. The molecule has 0 aromatic heterocycles. The Hall–Kier alpha value is -2.29. The average molecular weight is 423 g/mol. The standard InChI is InChI=1S/C19H19ClN2O5S/c20-14-5-7-15(8-6-14)28(24,25)22-13-18(19(23)21-9-11-26-12-10-21)27-17-4-2-1-3-16(17)22/h1-8,18H,9-13H2. The van der Waals surface area contributed by atoms with Crippen LogP contribution in [0.25, 0.3) is 0 Å². The van der Waals surface area contributed by atoms with E-state index in [0.29, 0.717) is 42.8 Å². The van der Waals surface area contributed by atoms with Crippen LogP contribution in [0.2, 0.25) is 5.02 Å². The normalized spacial score (nSPS) is 19.7. The third kappa shape index (κ3) is 3.55. The minimum atomic E-state index is -3.89. The molecule has 1 amide bonds. The van der Waals surface area contributed by atoms with Gasteiger partial charge in [0, 0.05) is 18.1 Å². The van der Waals surface area contributed by atoms with Gasteiger partial charge in [0.05, 0.1) is 30.3 Å². The van der Waals surface area contributed by atoms with Gasteiger partial charge < -0.3 is 14.4 Å². The number of hydrogen-bond acceptors (Lipinski definition) is 5. The molecule has 2 aromatic rings. The van der Waals surface area contributed by atoms with Crippen molar-refractivity contribution < 1.29 is 22.7 Å². The maximum Gasteiger partial charge on any atom is 0.265 e. The smallest absolute Gasteiger partial charge is 0.265 e. The summed E-state index contributed by atoms with van der Waals surface area (Å²) < 4.78 is 39.0. The Morgan fingerprint density at radius 3 is 2.43 bits per heavy atom. The number of ether oxygens (including phenoxy) is 2. The van der Waals surface area contributed by atoms with Crippen molar-refractivity contribution in [2.24, 2.45) is 0 Å². The molecule has 1 saturated heterocycles. The topological polar surface area (TPSA) is 76.2 Å². The molecule has 0 saturated carbocycles. The lowest BCUT2D eigenvalue weighted by Gasteiger charge is -2.37. The fraction of sp³-hybridized carbons (Fsp3) is 0.316. The number of halogens is 1. The van der Waals surface area contributed by atoms with Crippen molar-refractivity contribution in [1.29, 1.82) is 0 Å². The number of rotatable bonds is 3. The van der Waals surface area contributed by atoms with Gasteiger partial charge in [0.15, 0.2) is 6.10 Å². The third-order valence-electron chi connectivity index (χ3n) is 4.73. The largest absolute Gasteiger partial charge is 0.476 e. The van der Waals surface area contributed by atoms with Gasteiger partial charge in [0.2, 0.25) is 0 Å². The van der Waals surface area contributed by atoms with E-state index in [-0.39, 0.29) is 17.3 Å². The van der Waals surface area contributed by atoms with Crippen molar-refractivity contribution in [2.75, 3.05) is 37.2 Å². The summed E-state index contributed by atoms with van der Waals surface area (Å²) in [6.07, 6.45) is -0.921. The highest BCUT2D eigenvalue weighted by molar-refractivity contribution is 7.92. The molecule has 0 spiro atoms. The highest BCUT2D eigenvalue weighted by Gasteiger charge is 2.39. The van der Waals surface area contributed by atoms with Crippen LogP contribution in [0.5, 0.6) is 5.75 Å². The van der Waals surface area contributed by atoms with E-state index in [0.717, 1.165) is 0 Å². The number of carbonyl (C=O) groups excluding carboxylic acids is 1. The zero-order chi connectivity index (χ0) is 19.7. The van der Waals surface area contributed by atoms with Crippen molar-refractivity contribution in [3.05, 3.63) is 53.6 Å². The summed E-state index contributed by atoms with van der Waals surface area (Å²) in [4.78, 5) is 14.7. The summed E-state index contributed by atoms with van der Waals surface area (Å²) in [5.41, 5.74) is 0.406. The molecule has 28 heavy (non-hydrogen) atoms. The molecule has 7 nitrogen and oxygen atoms in total. The van der Waals surface area contributed by atoms with E-state index in [9.17, 15) is 13.2 Å². The number of fused-ring (bicyclic) bond motifs is 1. The fourth-order valence-electron chi connectivity index (χ4n) is 3.28. The molecule has 9 heteroatoms. The van der Waals surface area contributed by atoms with Crippen molar-refractivity contribution in [2.45, 2.75) is 11.0 Å². The van der Waals surface area contributed by atoms with Gasteiger partial charge in [0.25, 0.3) is 15.9 Å². The first-order valence-electron chi connectivity index (χ1n) is 8.87. The lowest BCUT2D eigenvalue weighted by Crippen LogP contribution is -2.54. The molecule has 0 radical (unpaired) electrons. The molecule has 2 heterocycles. The van der Waals surface area contributed by atoms with E-state index < -0.39 is 16.1 Å². The summed E-state index contributed by atoms with van der Waals surface area (Å²) in [6, 6.07) is 12.8. The number of para-hydroxylation sites is 2. The molecule has 2 aromatic carbocycles. The van der Waals surface area contributed by atoms with Crippen molar-refractivity contribution in [1.82, 2.24) is 4.90 Å². The fourth-order valence-corrected chi connectivity index (χ4v) is 4.88. The van der Waals surface area contributed by atoms with Crippen LogP contribution in [-0.2, 0) is 19.6 Å². The van der Waals surface area contributed by atoms with Crippen LogP contribution < -0.4 is 9.04 Å². The molecular formula is C19H19ClN2O5S.